The molecule has 0 saturated heterocycles. The van der Waals surface area contributed by atoms with Gasteiger partial charge >= 0.3 is 0 Å². The van der Waals surface area contributed by atoms with Crippen LogP contribution in [0.5, 0.6) is 17.2 Å². The molecule has 1 aliphatic heterocycles. The molecule has 1 aliphatic rings. The lowest BCUT2D eigenvalue weighted by molar-refractivity contribution is 0.297. The van der Waals surface area contributed by atoms with Crippen LogP contribution in [-0.4, -0.2) is 31.1 Å². The highest BCUT2D eigenvalue weighted by molar-refractivity contribution is 7.80. The first kappa shape index (κ1) is 18.0. The van der Waals surface area contributed by atoms with Crippen LogP contribution in [0.4, 0.5) is 5.69 Å². The van der Waals surface area contributed by atoms with Gasteiger partial charge in [0.15, 0.2) is 16.6 Å². The Bertz CT molecular complexity index is 823. The Balaban J connectivity index is 1.66. The molecule has 0 amide bonds. The number of rotatable bonds is 4. The van der Waals surface area contributed by atoms with Gasteiger partial charge in [-0.25, -0.2) is 0 Å². The van der Waals surface area contributed by atoms with Crippen molar-refractivity contribution in [3.63, 3.8) is 0 Å². The summed E-state index contributed by atoms with van der Waals surface area (Å²) in [6.45, 7) is 3.22. The molecule has 26 heavy (non-hydrogen) atoms. The van der Waals surface area contributed by atoms with Crippen molar-refractivity contribution < 1.29 is 14.2 Å². The predicted molar refractivity (Wildman–Crippen MR) is 107 cm³/mol. The zero-order valence-electron chi connectivity index (χ0n) is 14.7. The van der Waals surface area contributed by atoms with E-state index in [1.165, 1.54) is 0 Å². The molecule has 6 nitrogen and oxygen atoms in total. The van der Waals surface area contributed by atoms with Crippen LogP contribution >= 0.6 is 12.2 Å². The van der Waals surface area contributed by atoms with E-state index < -0.39 is 0 Å². The molecule has 0 unspecified atom stereocenters. The number of nitrogens with zero attached hydrogens (tertiary/aromatic N) is 1. The van der Waals surface area contributed by atoms with Gasteiger partial charge in [0.05, 0.1) is 31.7 Å². The summed E-state index contributed by atoms with van der Waals surface area (Å²) in [7, 11) is 1.61. The van der Waals surface area contributed by atoms with E-state index in [0.717, 1.165) is 34.9 Å². The molecule has 7 heteroatoms. The number of methoxy groups -OCH3 is 1. The molecule has 2 aromatic carbocycles. The molecule has 0 bridgehead atoms. The minimum absolute atomic E-state index is 0.378. The van der Waals surface area contributed by atoms with Crippen molar-refractivity contribution >= 4 is 28.7 Å². The van der Waals surface area contributed by atoms with Crippen LogP contribution < -0.4 is 25.0 Å². The van der Waals surface area contributed by atoms with Crippen molar-refractivity contribution in [3.05, 3.63) is 48.0 Å². The Labute approximate surface area is 158 Å². The second-order valence-corrected chi connectivity index (χ2v) is 6.08. The Hall–Kier alpha value is -2.80. The summed E-state index contributed by atoms with van der Waals surface area (Å²) in [5.41, 5.74) is 5.34. The molecule has 0 fully saturated rings. The molecular formula is C19H21N3O3S. The summed E-state index contributed by atoms with van der Waals surface area (Å²) in [5, 5.41) is 7.79. The number of fused-ring (bicyclic) bond motifs is 1. The normalized spacial score (nSPS) is 13.5. The van der Waals surface area contributed by atoms with Gasteiger partial charge < -0.3 is 19.5 Å². The monoisotopic (exact) mass is 371 g/mol. The van der Waals surface area contributed by atoms with Crippen molar-refractivity contribution in [2.24, 2.45) is 5.10 Å². The van der Waals surface area contributed by atoms with Crippen LogP contribution in [0.2, 0.25) is 0 Å². The van der Waals surface area contributed by atoms with E-state index in [1.54, 1.807) is 7.11 Å². The van der Waals surface area contributed by atoms with E-state index in [9.17, 15) is 0 Å². The fraction of sp³-hybridized carbons (Fsp3) is 0.263. The Morgan fingerprint density at radius 2 is 1.88 bits per heavy atom. The number of hydrogen-bond donors (Lipinski definition) is 2. The Morgan fingerprint density at radius 1 is 1.12 bits per heavy atom. The molecule has 3 rings (SSSR count). The predicted octanol–water partition coefficient (Wildman–Crippen LogP) is 3.57. The Kier molecular flexibility index (Phi) is 5.91. The van der Waals surface area contributed by atoms with Crippen molar-refractivity contribution in [1.29, 1.82) is 0 Å². The number of hydrogen-bond acceptors (Lipinski definition) is 5. The van der Waals surface area contributed by atoms with Crippen molar-refractivity contribution in [2.75, 3.05) is 25.6 Å². The second-order valence-electron chi connectivity index (χ2n) is 5.68. The molecule has 0 saturated carbocycles. The van der Waals surface area contributed by atoms with Gasteiger partial charge in [-0.1, -0.05) is 12.1 Å². The quantitative estimate of drug-likeness (QED) is 0.487. The standard InChI is InChI=1S/C19H21N3O3S/c1-13(14-8-9-17-18(12-14)25-11-5-10-24-17)21-22-19(26)20-15-6-3-4-7-16(15)23-2/h3-4,6-9,12H,5,10-11H2,1-2H3,(H2,20,22,26)/b21-13+. The molecule has 1 heterocycles. The fourth-order valence-electron chi connectivity index (χ4n) is 2.49. The van der Waals surface area contributed by atoms with Gasteiger partial charge in [0.25, 0.3) is 0 Å². The maximum atomic E-state index is 5.72. The van der Waals surface area contributed by atoms with Gasteiger partial charge in [-0.3, -0.25) is 5.43 Å². The lowest BCUT2D eigenvalue weighted by Gasteiger charge is -2.12. The van der Waals surface area contributed by atoms with Gasteiger partial charge in [0.2, 0.25) is 0 Å². The molecule has 0 radical (unpaired) electrons. The molecule has 0 spiro atoms. The highest BCUT2D eigenvalue weighted by Gasteiger charge is 2.12. The number of hydrazone groups is 1. The summed E-state index contributed by atoms with van der Waals surface area (Å²) in [6.07, 6.45) is 0.877. The van der Waals surface area contributed by atoms with Crippen LogP contribution in [-0.2, 0) is 0 Å². The second kappa shape index (κ2) is 8.53. The first-order valence-corrected chi connectivity index (χ1v) is 8.72. The van der Waals surface area contributed by atoms with Crippen molar-refractivity contribution in [3.8, 4) is 17.2 Å². The van der Waals surface area contributed by atoms with Gasteiger partial charge in [0.1, 0.15) is 5.75 Å². The summed E-state index contributed by atoms with van der Waals surface area (Å²) in [6, 6.07) is 13.3. The minimum atomic E-state index is 0.378. The largest absolute Gasteiger partial charge is 0.495 e. The highest BCUT2D eigenvalue weighted by Crippen LogP contribution is 2.30. The SMILES string of the molecule is COc1ccccc1NC(=S)N/N=C(\C)c1ccc2c(c1)OCCCO2. The first-order chi connectivity index (χ1) is 12.7. The number of nitrogens with one attached hydrogen (secondary N) is 2. The van der Waals surface area contributed by atoms with Crippen molar-refractivity contribution in [2.45, 2.75) is 13.3 Å². The fourth-order valence-corrected chi connectivity index (χ4v) is 2.64. The van der Waals surface area contributed by atoms with E-state index in [-0.39, 0.29) is 0 Å². The van der Waals surface area contributed by atoms with Crippen LogP contribution in [0.3, 0.4) is 0 Å². The maximum Gasteiger partial charge on any atom is 0.191 e. The average molecular weight is 371 g/mol. The number of para-hydroxylation sites is 2. The zero-order chi connectivity index (χ0) is 18.4. The third-order valence-corrected chi connectivity index (χ3v) is 4.04. The zero-order valence-corrected chi connectivity index (χ0v) is 15.6. The smallest absolute Gasteiger partial charge is 0.191 e. The van der Waals surface area contributed by atoms with Gasteiger partial charge in [-0.05, 0) is 49.5 Å². The molecular weight excluding hydrogens is 350 g/mol. The van der Waals surface area contributed by atoms with E-state index in [1.807, 2.05) is 49.4 Å². The van der Waals surface area contributed by atoms with Gasteiger partial charge in [0, 0.05) is 12.0 Å². The van der Waals surface area contributed by atoms with E-state index in [0.29, 0.717) is 24.1 Å². The maximum absolute atomic E-state index is 5.72. The lowest BCUT2D eigenvalue weighted by Crippen LogP contribution is -2.25. The minimum Gasteiger partial charge on any atom is -0.495 e. The Morgan fingerprint density at radius 3 is 2.69 bits per heavy atom. The van der Waals surface area contributed by atoms with Crippen molar-refractivity contribution in [1.82, 2.24) is 5.43 Å². The highest BCUT2D eigenvalue weighted by atomic mass is 32.1. The molecule has 0 aliphatic carbocycles. The summed E-state index contributed by atoms with van der Waals surface area (Å²) in [5.74, 6) is 2.21. The van der Waals surface area contributed by atoms with Gasteiger partial charge in [-0.2, -0.15) is 5.10 Å². The number of benzene rings is 2. The third kappa shape index (κ3) is 4.43. The molecule has 0 atom stereocenters. The van der Waals surface area contributed by atoms with Crippen LogP contribution in [0.15, 0.2) is 47.6 Å². The van der Waals surface area contributed by atoms with E-state index in [2.05, 4.69) is 15.8 Å². The molecule has 0 aromatic heterocycles. The molecule has 136 valence electrons. The third-order valence-electron chi connectivity index (χ3n) is 3.85. The number of anilines is 1. The summed E-state index contributed by atoms with van der Waals surface area (Å²) in [4.78, 5) is 0. The molecule has 2 N–H and O–H groups in total. The number of thiocarbonyl (C=S) groups is 1. The molecule has 2 aromatic rings. The van der Waals surface area contributed by atoms with Crippen LogP contribution in [0.1, 0.15) is 18.9 Å². The lowest BCUT2D eigenvalue weighted by atomic mass is 10.1. The van der Waals surface area contributed by atoms with Crippen LogP contribution in [0.25, 0.3) is 0 Å². The van der Waals surface area contributed by atoms with E-state index >= 15 is 0 Å². The summed E-state index contributed by atoms with van der Waals surface area (Å²) < 4.78 is 16.7. The topological polar surface area (TPSA) is 64.1 Å². The number of ether oxygens (including phenoxy) is 3. The summed E-state index contributed by atoms with van der Waals surface area (Å²) >= 11 is 5.30. The van der Waals surface area contributed by atoms with Crippen LogP contribution in [0, 0.1) is 0 Å². The van der Waals surface area contributed by atoms with E-state index in [4.69, 9.17) is 26.4 Å². The average Bonchev–Trinajstić information content (AvgIpc) is 2.91. The van der Waals surface area contributed by atoms with Gasteiger partial charge in [-0.15, -0.1) is 0 Å². The first-order valence-electron chi connectivity index (χ1n) is 8.31.